The molecule has 1 aromatic rings. The van der Waals surface area contributed by atoms with Crippen molar-refractivity contribution in [3.63, 3.8) is 0 Å². The Balaban J connectivity index is 1.52. The quantitative estimate of drug-likeness (QED) is 0.693. The van der Waals surface area contributed by atoms with Crippen LogP contribution in [-0.4, -0.2) is 54.3 Å². The lowest BCUT2D eigenvalue weighted by Crippen LogP contribution is -2.63. The van der Waals surface area contributed by atoms with Gasteiger partial charge in [-0.1, -0.05) is 30.3 Å². The van der Waals surface area contributed by atoms with Crippen LogP contribution in [0, 0.1) is 5.92 Å². The second-order valence-electron chi connectivity index (χ2n) is 7.60. The first kappa shape index (κ1) is 20.5. The molecule has 1 heterocycles. The maximum absolute atomic E-state index is 12.8. The molecule has 1 saturated heterocycles. The van der Waals surface area contributed by atoms with Crippen LogP contribution < -0.4 is 11.1 Å². The van der Waals surface area contributed by atoms with Crippen LogP contribution in [-0.2, 0) is 20.9 Å². The van der Waals surface area contributed by atoms with Crippen molar-refractivity contribution in [2.45, 2.75) is 44.2 Å². The number of carbonyl (C=O) groups excluding carboxylic acids is 3. The van der Waals surface area contributed by atoms with E-state index in [0.29, 0.717) is 39.3 Å². The Morgan fingerprint density at radius 1 is 1.18 bits per heavy atom. The smallest absolute Gasteiger partial charge is 0.318 e. The van der Waals surface area contributed by atoms with Crippen molar-refractivity contribution in [3.05, 3.63) is 35.9 Å². The predicted octanol–water partition coefficient (Wildman–Crippen LogP) is 1.64. The molecule has 2 amide bonds. The Morgan fingerprint density at radius 3 is 2.57 bits per heavy atom. The Kier molecular flexibility index (Phi) is 6.80. The second kappa shape index (κ2) is 9.30. The number of amides is 2. The van der Waals surface area contributed by atoms with E-state index in [1.807, 2.05) is 30.3 Å². The van der Waals surface area contributed by atoms with Crippen molar-refractivity contribution in [2.24, 2.45) is 11.7 Å². The van der Waals surface area contributed by atoms with Gasteiger partial charge in [0.25, 0.3) is 0 Å². The molecule has 2 fully saturated rings. The van der Waals surface area contributed by atoms with Gasteiger partial charge in [-0.3, -0.25) is 9.59 Å². The minimum atomic E-state index is -1.23. The van der Waals surface area contributed by atoms with Crippen LogP contribution in [0.4, 0.5) is 4.79 Å². The van der Waals surface area contributed by atoms with Gasteiger partial charge in [0.05, 0.1) is 13.2 Å². The number of piperidine rings is 1. The Bertz CT molecular complexity index is 691. The van der Waals surface area contributed by atoms with Crippen LogP contribution >= 0.6 is 0 Å². The van der Waals surface area contributed by atoms with E-state index in [9.17, 15) is 14.4 Å². The van der Waals surface area contributed by atoms with Crippen LogP contribution in [0.3, 0.4) is 0 Å². The van der Waals surface area contributed by atoms with Crippen molar-refractivity contribution >= 4 is 17.6 Å². The third-order valence-electron chi connectivity index (χ3n) is 5.72. The summed E-state index contributed by atoms with van der Waals surface area (Å²) in [6.45, 7) is 2.07. The highest BCUT2D eigenvalue weighted by Gasteiger charge is 2.56. The van der Waals surface area contributed by atoms with E-state index in [4.69, 9.17) is 10.5 Å². The lowest BCUT2D eigenvalue weighted by atomic mass is 9.83. The number of ketones is 2. The molecular formula is C21H29N3O4. The molecule has 1 aliphatic heterocycles. The number of rotatable bonds is 7. The minimum absolute atomic E-state index is 0.0385. The van der Waals surface area contributed by atoms with Gasteiger partial charge in [0.1, 0.15) is 0 Å². The first-order valence-electron chi connectivity index (χ1n) is 10.0. The number of Topliss-reactive ketones (excluding diaryl/α,β-unsaturated/α-hetero) is 2. The van der Waals surface area contributed by atoms with Gasteiger partial charge in [0.2, 0.25) is 0 Å². The van der Waals surface area contributed by atoms with Gasteiger partial charge in [-0.25, -0.2) is 4.79 Å². The highest BCUT2D eigenvalue weighted by atomic mass is 16.5. The molecule has 1 saturated carbocycles. The van der Waals surface area contributed by atoms with E-state index in [2.05, 4.69) is 5.32 Å². The molecule has 152 valence electrons. The van der Waals surface area contributed by atoms with Crippen molar-refractivity contribution < 1.29 is 19.1 Å². The van der Waals surface area contributed by atoms with Crippen LogP contribution in [0.5, 0.6) is 0 Å². The topological polar surface area (TPSA) is 102 Å². The largest absolute Gasteiger partial charge is 0.376 e. The van der Waals surface area contributed by atoms with Gasteiger partial charge in [-0.15, -0.1) is 0 Å². The number of urea groups is 1. The summed E-state index contributed by atoms with van der Waals surface area (Å²) in [4.78, 5) is 39.2. The van der Waals surface area contributed by atoms with Crippen molar-refractivity contribution in [3.8, 4) is 0 Å². The van der Waals surface area contributed by atoms with E-state index in [0.717, 1.165) is 18.4 Å². The van der Waals surface area contributed by atoms with E-state index in [1.54, 1.807) is 0 Å². The molecule has 7 nitrogen and oxygen atoms in total. The Morgan fingerprint density at radius 2 is 1.89 bits per heavy atom. The Labute approximate surface area is 165 Å². The molecule has 1 aromatic carbocycles. The minimum Gasteiger partial charge on any atom is -0.376 e. The van der Waals surface area contributed by atoms with Gasteiger partial charge in [-0.2, -0.15) is 0 Å². The summed E-state index contributed by atoms with van der Waals surface area (Å²) >= 11 is 0. The summed E-state index contributed by atoms with van der Waals surface area (Å²) in [5.74, 6) is -0.272. The molecule has 2 aliphatic rings. The number of hydrogen-bond acceptors (Lipinski definition) is 5. The zero-order chi connectivity index (χ0) is 20.0. The predicted molar refractivity (Wildman–Crippen MR) is 105 cm³/mol. The van der Waals surface area contributed by atoms with Gasteiger partial charge < -0.3 is 20.7 Å². The monoisotopic (exact) mass is 387 g/mol. The molecule has 7 heteroatoms. The van der Waals surface area contributed by atoms with Crippen molar-refractivity contribution in [1.29, 1.82) is 0 Å². The van der Waals surface area contributed by atoms with Gasteiger partial charge in [0, 0.05) is 31.8 Å². The zero-order valence-electron chi connectivity index (χ0n) is 16.2. The summed E-state index contributed by atoms with van der Waals surface area (Å²) < 4.78 is 5.72. The first-order chi connectivity index (χ1) is 13.6. The van der Waals surface area contributed by atoms with Crippen LogP contribution in [0.25, 0.3) is 0 Å². The fourth-order valence-electron chi connectivity index (χ4n) is 4.08. The van der Waals surface area contributed by atoms with E-state index < -0.39 is 5.54 Å². The lowest BCUT2D eigenvalue weighted by Gasteiger charge is -2.42. The molecule has 1 aliphatic carbocycles. The molecule has 3 N–H and O–H groups in total. The molecule has 1 atom stereocenters. The van der Waals surface area contributed by atoms with E-state index >= 15 is 0 Å². The van der Waals surface area contributed by atoms with Crippen LogP contribution in [0.2, 0.25) is 0 Å². The zero-order valence-corrected chi connectivity index (χ0v) is 16.2. The molecular weight excluding hydrogens is 358 g/mol. The van der Waals surface area contributed by atoms with E-state index in [-0.39, 0.29) is 36.4 Å². The molecule has 0 radical (unpaired) electrons. The maximum Gasteiger partial charge on any atom is 0.318 e. The standard InChI is InChI=1S/C21H29N3O4/c22-12-17(15-28-14-16-6-2-1-3-7-16)13-23-20(27)24-11-5-4-10-21(24)18(25)8-9-19(21)26/h1-3,6-7,17H,4-5,8-15,22H2,(H,23,27)/t17-/m1/s1. The molecule has 1 spiro atoms. The normalized spacial score (nSPS) is 19.8. The highest BCUT2D eigenvalue weighted by molar-refractivity contribution is 6.18. The number of nitrogens with one attached hydrogen (secondary N) is 1. The number of nitrogens with two attached hydrogens (primary N) is 1. The Hall–Kier alpha value is -2.25. The highest BCUT2D eigenvalue weighted by Crippen LogP contribution is 2.37. The summed E-state index contributed by atoms with van der Waals surface area (Å²) in [6.07, 6.45) is 2.51. The number of benzene rings is 1. The van der Waals surface area contributed by atoms with E-state index in [1.165, 1.54) is 4.90 Å². The van der Waals surface area contributed by atoms with Crippen molar-refractivity contribution in [2.75, 3.05) is 26.2 Å². The number of carbonyl (C=O) groups is 3. The third kappa shape index (κ3) is 4.25. The molecule has 0 aromatic heterocycles. The molecule has 0 bridgehead atoms. The summed E-state index contributed by atoms with van der Waals surface area (Å²) in [5.41, 5.74) is 5.67. The maximum atomic E-state index is 12.8. The molecule has 3 rings (SSSR count). The van der Waals surface area contributed by atoms with Crippen LogP contribution in [0.15, 0.2) is 30.3 Å². The molecule has 0 unspecified atom stereocenters. The number of ether oxygens (including phenoxy) is 1. The summed E-state index contributed by atoms with van der Waals surface area (Å²) in [6, 6.07) is 9.49. The fourth-order valence-corrected chi connectivity index (χ4v) is 4.08. The first-order valence-corrected chi connectivity index (χ1v) is 10.0. The summed E-state index contributed by atoms with van der Waals surface area (Å²) in [7, 11) is 0. The van der Waals surface area contributed by atoms with Gasteiger partial charge >= 0.3 is 6.03 Å². The average Bonchev–Trinajstić information content (AvgIpc) is 3.00. The lowest BCUT2D eigenvalue weighted by molar-refractivity contribution is -0.138. The van der Waals surface area contributed by atoms with Crippen molar-refractivity contribution in [1.82, 2.24) is 10.2 Å². The van der Waals surface area contributed by atoms with Gasteiger partial charge in [-0.05, 0) is 31.4 Å². The fraction of sp³-hybridized carbons (Fsp3) is 0.571. The second-order valence-corrected chi connectivity index (χ2v) is 7.60. The van der Waals surface area contributed by atoms with Gasteiger partial charge in [0.15, 0.2) is 17.1 Å². The average molecular weight is 387 g/mol. The number of likely N-dealkylation sites (tertiary alicyclic amines) is 1. The number of nitrogens with zero attached hydrogens (tertiary/aromatic N) is 1. The third-order valence-corrected chi connectivity index (χ3v) is 5.72. The SMILES string of the molecule is NC[C@H](CNC(=O)N1CCCCC12C(=O)CCC2=O)COCc1ccccc1. The number of hydrogen-bond donors (Lipinski definition) is 2. The van der Waals surface area contributed by atoms with Crippen LogP contribution in [0.1, 0.15) is 37.7 Å². The summed E-state index contributed by atoms with van der Waals surface area (Å²) in [5, 5.41) is 2.87. The molecule has 28 heavy (non-hydrogen) atoms.